The molecule has 0 fully saturated rings. The minimum Gasteiger partial charge on any atom is -0.300 e. The molecule has 0 heterocycles. The molecular formula is C10H18Cl2O. The summed E-state index contributed by atoms with van der Waals surface area (Å²) < 4.78 is -0.834. The normalized spacial score (nSPS) is 11.7. The van der Waals surface area contributed by atoms with Crippen LogP contribution < -0.4 is 0 Å². The fourth-order valence-electron chi connectivity index (χ4n) is 1.26. The van der Waals surface area contributed by atoms with Crippen LogP contribution in [0.4, 0.5) is 0 Å². The SMILES string of the molecule is CCCCCCC(Cl)(Cl)CC(C)=O. The molecule has 1 nitrogen and oxygen atoms in total. The van der Waals surface area contributed by atoms with E-state index in [4.69, 9.17) is 23.2 Å². The summed E-state index contributed by atoms with van der Waals surface area (Å²) in [6, 6.07) is 0. The average Bonchev–Trinajstić information content (AvgIpc) is 1.95. The Hall–Kier alpha value is 0.250. The van der Waals surface area contributed by atoms with Crippen molar-refractivity contribution in [3.05, 3.63) is 0 Å². The smallest absolute Gasteiger partial charge is 0.132 e. The van der Waals surface area contributed by atoms with Gasteiger partial charge >= 0.3 is 0 Å². The van der Waals surface area contributed by atoms with Crippen molar-refractivity contribution in [1.82, 2.24) is 0 Å². The molecule has 0 unspecified atom stereocenters. The van der Waals surface area contributed by atoms with Crippen molar-refractivity contribution in [2.24, 2.45) is 0 Å². The van der Waals surface area contributed by atoms with Crippen LogP contribution in [0.2, 0.25) is 0 Å². The van der Waals surface area contributed by atoms with Crippen LogP contribution in [-0.2, 0) is 4.79 Å². The van der Waals surface area contributed by atoms with Crippen molar-refractivity contribution in [3.63, 3.8) is 0 Å². The van der Waals surface area contributed by atoms with Crippen LogP contribution in [0.1, 0.15) is 52.4 Å². The first-order valence-electron chi connectivity index (χ1n) is 4.85. The van der Waals surface area contributed by atoms with Crippen LogP contribution in [-0.4, -0.2) is 10.1 Å². The predicted molar refractivity (Wildman–Crippen MR) is 58.5 cm³/mol. The third-order valence-electron chi connectivity index (χ3n) is 1.90. The van der Waals surface area contributed by atoms with E-state index in [9.17, 15) is 4.79 Å². The third kappa shape index (κ3) is 8.58. The first-order valence-corrected chi connectivity index (χ1v) is 5.61. The molecule has 0 radical (unpaired) electrons. The maximum atomic E-state index is 10.8. The van der Waals surface area contributed by atoms with E-state index in [0.717, 1.165) is 19.3 Å². The van der Waals surface area contributed by atoms with Crippen LogP contribution in [0.5, 0.6) is 0 Å². The molecule has 0 aromatic carbocycles. The van der Waals surface area contributed by atoms with Gasteiger partial charge in [0, 0.05) is 6.42 Å². The first-order chi connectivity index (χ1) is 5.98. The molecule has 0 N–H and O–H groups in total. The minimum absolute atomic E-state index is 0.0560. The quantitative estimate of drug-likeness (QED) is 0.470. The number of ketones is 1. The van der Waals surface area contributed by atoms with Crippen molar-refractivity contribution >= 4 is 29.0 Å². The molecule has 78 valence electrons. The van der Waals surface area contributed by atoms with Gasteiger partial charge in [0.2, 0.25) is 0 Å². The lowest BCUT2D eigenvalue weighted by Gasteiger charge is -2.17. The van der Waals surface area contributed by atoms with Crippen molar-refractivity contribution in [1.29, 1.82) is 0 Å². The van der Waals surface area contributed by atoms with Crippen molar-refractivity contribution in [3.8, 4) is 0 Å². The molecule has 0 bridgehead atoms. The summed E-state index contributed by atoms with van der Waals surface area (Å²) in [5.41, 5.74) is 0. The van der Waals surface area contributed by atoms with Gasteiger partial charge < -0.3 is 0 Å². The van der Waals surface area contributed by atoms with Crippen LogP contribution in [0.25, 0.3) is 0 Å². The van der Waals surface area contributed by atoms with E-state index in [1.165, 1.54) is 19.8 Å². The first kappa shape index (κ1) is 13.2. The van der Waals surface area contributed by atoms with Gasteiger partial charge in [-0.1, -0.05) is 32.6 Å². The number of carbonyl (C=O) groups is 1. The lowest BCUT2D eigenvalue weighted by molar-refractivity contribution is -0.117. The van der Waals surface area contributed by atoms with Crippen molar-refractivity contribution in [2.45, 2.75) is 56.7 Å². The summed E-state index contributed by atoms with van der Waals surface area (Å²) >= 11 is 11.9. The molecule has 3 heteroatoms. The molecule has 13 heavy (non-hydrogen) atoms. The Morgan fingerprint density at radius 2 is 1.85 bits per heavy atom. The topological polar surface area (TPSA) is 17.1 Å². The zero-order chi connectivity index (χ0) is 10.3. The van der Waals surface area contributed by atoms with Gasteiger partial charge in [0.1, 0.15) is 10.1 Å². The Kier molecular flexibility index (Phi) is 6.79. The maximum absolute atomic E-state index is 10.8. The van der Waals surface area contributed by atoms with Crippen molar-refractivity contribution in [2.75, 3.05) is 0 Å². The Labute approximate surface area is 90.8 Å². The number of unbranched alkanes of at least 4 members (excludes halogenated alkanes) is 3. The number of rotatable bonds is 7. The average molecular weight is 225 g/mol. The third-order valence-corrected chi connectivity index (χ3v) is 2.55. The predicted octanol–water partition coefficient (Wildman–Crippen LogP) is 4.11. The molecule has 0 aliphatic carbocycles. The second kappa shape index (κ2) is 6.67. The molecule has 0 saturated heterocycles. The second-order valence-corrected chi connectivity index (χ2v) is 5.19. The largest absolute Gasteiger partial charge is 0.300 e. The highest BCUT2D eigenvalue weighted by Gasteiger charge is 2.24. The Balaban J connectivity index is 3.56. The van der Waals surface area contributed by atoms with Crippen LogP contribution in [0.3, 0.4) is 0 Å². The van der Waals surface area contributed by atoms with Crippen LogP contribution >= 0.6 is 23.2 Å². The van der Waals surface area contributed by atoms with Crippen LogP contribution in [0, 0.1) is 0 Å². The molecule has 0 saturated carbocycles. The number of hydrogen-bond acceptors (Lipinski definition) is 1. The van der Waals surface area contributed by atoms with Gasteiger partial charge in [0.15, 0.2) is 0 Å². The molecule has 0 aromatic heterocycles. The lowest BCUT2D eigenvalue weighted by Crippen LogP contribution is -2.16. The van der Waals surface area contributed by atoms with E-state index < -0.39 is 4.33 Å². The summed E-state index contributed by atoms with van der Waals surface area (Å²) in [5.74, 6) is 0.0560. The van der Waals surface area contributed by atoms with E-state index in [2.05, 4.69) is 6.92 Å². The van der Waals surface area contributed by atoms with Gasteiger partial charge in [0.05, 0.1) is 0 Å². The fourth-order valence-corrected chi connectivity index (χ4v) is 1.91. The van der Waals surface area contributed by atoms with Gasteiger partial charge in [0.25, 0.3) is 0 Å². The van der Waals surface area contributed by atoms with E-state index in [1.807, 2.05) is 0 Å². The molecule has 0 aliphatic heterocycles. The van der Waals surface area contributed by atoms with E-state index >= 15 is 0 Å². The molecule has 0 aromatic rings. The van der Waals surface area contributed by atoms with Gasteiger partial charge in [-0.3, -0.25) is 4.79 Å². The molecule has 0 rings (SSSR count). The lowest BCUT2D eigenvalue weighted by atomic mass is 10.1. The molecule has 0 spiro atoms. The highest BCUT2D eigenvalue weighted by Crippen LogP contribution is 2.31. The Morgan fingerprint density at radius 3 is 2.31 bits per heavy atom. The van der Waals surface area contributed by atoms with Gasteiger partial charge in [-0.2, -0.15) is 0 Å². The number of halogens is 2. The summed E-state index contributed by atoms with van der Waals surface area (Å²) in [4.78, 5) is 10.8. The summed E-state index contributed by atoms with van der Waals surface area (Å²) in [6.07, 6.45) is 5.55. The maximum Gasteiger partial charge on any atom is 0.132 e. The Morgan fingerprint density at radius 1 is 1.23 bits per heavy atom. The number of carbonyl (C=O) groups excluding carboxylic acids is 1. The monoisotopic (exact) mass is 224 g/mol. The van der Waals surface area contributed by atoms with Gasteiger partial charge in [-0.15, -0.1) is 23.2 Å². The number of alkyl halides is 2. The molecule has 0 aliphatic rings. The highest BCUT2D eigenvalue weighted by molar-refractivity contribution is 6.49. The number of hydrogen-bond donors (Lipinski definition) is 0. The second-order valence-electron chi connectivity index (χ2n) is 3.55. The number of Topliss-reactive ketones (excluding diaryl/α,β-unsaturated/α-hetero) is 1. The summed E-state index contributed by atoms with van der Waals surface area (Å²) in [5, 5.41) is 0. The van der Waals surface area contributed by atoms with Crippen LogP contribution in [0.15, 0.2) is 0 Å². The fraction of sp³-hybridized carbons (Fsp3) is 0.900. The highest BCUT2D eigenvalue weighted by atomic mass is 35.5. The Bertz CT molecular complexity index is 155. The minimum atomic E-state index is -0.834. The van der Waals surface area contributed by atoms with Gasteiger partial charge in [-0.05, 0) is 13.3 Å². The standard InChI is InChI=1S/C10H18Cl2O/c1-3-4-5-6-7-10(11,12)8-9(2)13/h3-8H2,1-2H3. The summed E-state index contributed by atoms with van der Waals surface area (Å²) in [7, 11) is 0. The molecule has 0 amide bonds. The molecular weight excluding hydrogens is 207 g/mol. The zero-order valence-electron chi connectivity index (χ0n) is 8.41. The van der Waals surface area contributed by atoms with E-state index in [1.54, 1.807) is 0 Å². The summed E-state index contributed by atoms with van der Waals surface area (Å²) in [6.45, 7) is 3.68. The molecule has 0 atom stereocenters. The van der Waals surface area contributed by atoms with Crippen molar-refractivity contribution < 1.29 is 4.79 Å². The van der Waals surface area contributed by atoms with E-state index in [-0.39, 0.29) is 12.2 Å². The zero-order valence-corrected chi connectivity index (χ0v) is 9.92. The van der Waals surface area contributed by atoms with E-state index in [0.29, 0.717) is 0 Å². The van der Waals surface area contributed by atoms with Gasteiger partial charge in [-0.25, -0.2) is 0 Å².